The molecule has 0 spiro atoms. The van der Waals surface area contributed by atoms with E-state index in [1.54, 1.807) is 6.26 Å². The Kier molecular flexibility index (Phi) is 18.7. The van der Waals surface area contributed by atoms with E-state index < -0.39 is 5.97 Å². The summed E-state index contributed by atoms with van der Waals surface area (Å²) in [6.07, 6.45) is 10.9. The minimum Gasteiger partial charge on any atom is -0.501 e. The molecule has 2 rings (SSSR count). The number of hydrogen-bond donors (Lipinski definition) is 1. The van der Waals surface area contributed by atoms with E-state index >= 15 is 0 Å². The second kappa shape index (κ2) is 19.2. The molecular weight excluding hydrogens is 472 g/mol. The molecule has 6 nitrogen and oxygen atoms in total. The van der Waals surface area contributed by atoms with E-state index in [0.717, 1.165) is 68.8 Å². The lowest BCUT2D eigenvalue weighted by molar-refractivity contribution is -0.169. The second-order valence-corrected chi connectivity index (χ2v) is 7.24. The third kappa shape index (κ3) is 18.2. The normalized spacial score (nSPS) is 17.4. The number of unbranched alkanes of at least 4 members (excludes halogenated alkanes) is 2. The van der Waals surface area contributed by atoms with Gasteiger partial charge in [-0.2, -0.15) is 0 Å². The number of carbonyl (C=O) groups is 2. The van der Waals surface area contributed by atoms with Crippen LogP contribution in [0.1, 0.15) is 57.8 Å². The Morgan fingerprint density at radius 2 is 1.77 bits per heavy atom. The van der Waals surface area contributed by atoms with Crippen molar-refractivity contribution in [1.82, 2.24) is 0 Å². The SMILES string of the molecule is C1=COCC1.O=C(CCCCBr)OC1CCCO1.O=C(O)CCCCBr. The Morgan fingerprint density at radius 3 is 2.19 bits per heavy atom. The molecule has 2 aliphatic rings. The number of carbonyl (C=O) groups excluding carboxylic acids is 1. The number of hydrogen-bond acceptors (Lipinski definition) is 5. The fraction of sp³-hybridized carbons (Fsp3) is 0.778. The number of halogens is 2. The summed E-state index contributed by atoms with van der Waals surface area (Å²) < 4.78 is 15.0. The molecule has 0 bridgehead atoms. The Hall–Kier alpha value is -0.600. The van der Waals surface area contributed by atoms with E-state index in [1.165, 1.54) is 0 Å². The summed E-state index contributed by atoms with van der Waals surface area (Å²) in [4.78, 5) is 21.0. The quantitative estimate of drug-likeness (QED) is 0.278. The number of esters is 1. The maximum absolute atomic E-state index is 11.2. The Bertz CT molecular complexity index is 378. The van der Waals surface area contributed by atoms with Gasteiger partial charge in [-0.15, -0.1) is 0 Å². The molecule has 26 heavy (non-hydrogen) atoms. The zero-order chi connectivity index (χ0) is 19.5. The van der Waals surface area contributed by atoms with Crippen molar-refractivity contribution in [3.8, 4) is 0 Å². The molecule has 0 amide bonds. The van der Waals surface area contributed by atoms with Crippen molar-refractivity contribution in [2.75, 3.05) is 23.9 Å². The van der Waals surface area contributed by atoms with Crippen LogP contribution in [0.4, 0.5) is 0 Å². The van der Waals surface area contributed by atoms with Crippen molar-refractivity contribution in [2.45, 2.75) is 64.1 Å². The van der Waals surface area contributed by atoms with Gasteiger partial charge in [0.1, 0.15) is 0 Å². The van der Waals surface area contributed by atoms with E-state index in [2.05, 4.69) is 31.9 Å². The largest absolute Gasteiger partial charge is 0.501 e. The summed E-state index contributed by atoms with van der Waals surface area (Å²) in [6, 6.07) is 0. The molecule has 2 heterocycles. The smallest absolute Gasteiger partial charge is 0.308 e. The molecule has 0 aromatic heterocycles. The van der Waals surface area contributed by atoms with Gasteiger partial charge in [-0.3, -0.25) is 9.59 Å². The maximum atomic E-state index is 11.2. The Labute approximate surface area is 172 Å². The average molecular weight is 502 g/mol. The van der Waals surface area contributed by atoms with E-state index in [-0.39, 0.29) is 12.3 Å². The number of rotatable bonds is 9. The van der Waals surface area contributed by atoms with Gasteiger partial charge in [0.25, 0.3) is 0 Å². The number of alkyl halides is 2. The van der Waals surface area contributed by atoms with Gasteiger partial charge in [-0.1, -0.05) is 31.9 Å². The number of aliphatic carboxylic acids is 1. The summed E-state index contributed by atoms with van der Waals surface area (Å²) >= 11 is 6.52. The molecule has 152 valence electrons. The second-order valence-electron chi connectivity index (χ2n) is 5.65. The zero-order valence-electron chi connectivity index (χ0n) is 15.2. The van der Waals surface area contributed by atoms with E-state index in [4.69, 9.17) is 19.3 Å². The van der Waals surface area contributed by atoms with Crippen molar-refractivity contribution in [3.05, 3.63) is 12.3 Å². The van der Waals surface area contributed by atoms with Crippen molar-refractivity contribution in [2.24, 2.45) is 0 Å². The van der Waals surface area contributed by atoms with Crippen LogP contribution in [-0.4, -0.2) is 47.2 Å². The van der Waals surface area contributed by atoms with E-state index in [9.17, 15) is 9.59 Å². The Balaban J connectivity index is 0.000000407. The number of carboxylic acid groups (broad SMARTS) is 1. The van der Waals surface area contributed by atoms with E-state index in [0.29, 0.717) is 12.8 Å². The number of ether oxygens (including phenoxy) is 3. The van der Waals surface area contributed by atoms with Crippen LogP contribution >= 0.6 is 31.9 Å². The molecule has 0 saturated carbocycles. The molecule has 1 atom stereocenters. The Morgan fingerprint density at radius 1 is 1.08 bits per heavy atom. The third-order valence-corrected chi connectivity index (χ3v) is 4.41. The minimum atomic E-state index is -0.703. The van der Waals surface area contributed by atoms with Crippen molar-refractivity contribution in [1.29, 1.82) is 0 Å². The highest BCUT2D eigenvalue weighted by molar-refractivity contribution is 9.09. The molecule has 0 aromatic carbocycles. The first-order chi connectivity index (χ1) is 12.6. The van der Waals surface area contributed by atoms with E-state index in [1.807, 2.05) is 6.08 Å². The van der Waals surface area contributed by atoms with Gasteiger partial charge in [0.2, 0.25) is 6.29 Å². The standard InChI is InChI=1S/C9H15BrO3.C5H9BrO2.C4H6O/c10-6-2-1-4-8(11)13-9-5-3-7-12-9;6-4-2-1-3-5(7)8;1-2-4-5-3-1/h9H,1-7H2;1-4H2,(H,7,8);1,3H,2,4H2. The lowest BCUT2D eigenvalue weighted by Crippen LogP contribution is -2.16. The lowest BCUT2D eigenvalue weighted by Gasteiger charge is -2.10. The van der Waals surface area contributed by atoms with Gasteiger partial charge < -0.3 is 19.3 Å². The first kappa shape index (κ1) is 25.4. The van der Waals surface area contributed by atoms with Crippen LogP contribution in [0, 0.1) is 0 Å². The topological polar surface area (TPSA) is 82.1 Å². The molecule has 1 N–H and O–H groups in total. The monoisotopic (exact) mass is 500 g/mol. The van der Waals surface area contributed by atoms with Gasteiger partial charge >= 0.3 is 11.9 Å². The number of carboxylic acids is 1. The predicted molar refractivity (Wildman–Crippen MR) is 108 cm³/mol. The molecule has 0 aromatic rings. The first-order valence-corrected chi connectivity index (χ1v) is 11.3. The van der Waals surface area contributed by atoms with Crippen LogP contribution in [0.2, 0.25) is 0 Å². The van der Waals surface area contributed by atoms with Crippen LogP contribution in [0.5, 0.6) is 0 Å². The van der Waals surface area contributed by atoms with Gasteiger partial charge in [0.05, 0.1) is 19.5 Å². The molecule has 0 aliphatic carbocycles. The van der Waals surface area contributed by atoms with Gasteiger partial charge in [-0.25, -0.2) is 0 Å². The summed E-state index contributed by atoms with van der Waals surface area (Å²) in [5.41, 5.74) is 0. The summed E-state index contributed by atoms with van der Waals surface area (Å²) in [5.74, 6) is -0.834. The first-order valence-electron chi connectivity index (χ1n) is 9.01. The highest BCUT2D eigenvalue weighted by Crippen LogP contribution is 2.14. The summed E-state index contributed by atoms with van der Waals surface area (Å²) in [6.45, 7) is 1.61. The van der Waals surface area contributed by atoms with Crippen LogP contribution in [0.15, 0.2) is 12.3 Å². The predicted octanol–water partition coefficient (Wildman–Crippen LogP) is 4.79. The highest BCUT2D eigenvalue weighted by Gasteiger charge is 2.19. The van der Waals surface area contributed by atoms with Crippen LogP contribution in [0.25, 0.3) is 0 Å². The zero-order valence-corrected chi connectivity index (χ0v) is 18.3. The molecular formula is C18H30Br2O6. The van der Waals surface area contributed by atoms with Crippen molar-refractivity contribution >= 4 is 43.8 Å². The molecule has 1 fully saturated rings. The summed E-state index contributed by atoms with van der Waals surface area (Å²) in [5, 5.41) is 9.97. The fourth-order valence-electron chi connectivity index (χ4n) is 1.92. The van der Waals surface area contributed by atoms with Crippen LogP contribution < -0.4 is 0 Å². The molecule has 8 heteroatoms. The van der Waals surface area contributed by atoms with Gasteiger partial charge in [-0.05, 0) is 38.2 Å². The fourth-order valence-corrected chi connectivity index (χ4v) is 2.71. The van der Waals surface area contributed by atoms with Gasteiger partial charge in [0, 0.05) is 36.3 Å². The molecule has 2 aliphatic heterocycles. The highest BCUT2D eigenvalue weighted by atomic mass is 79.9. The average Bonchev–Trinajstić information content (AvgIpc) is 3.32. The molecule has 1 saturated heterocycles. The third-order valence-electron chi connectivity index (χ3n) is 3.28. The molecule has 1 unspecified atom stereocenters. The molecule has 0 radical (unpaired) electrons. The van der Waals surface area contributed by atoms with Crippen LogP contribution in [-0.2, 0) is 23.8 Å². The van der Waals surface area contributed by atoms with Crippen molar-refractivity contribution < 1.29 is 28.9 Å². The summed E-state index contributed by atoms with van der Waals surface area (Å²) in [7, 11) is 0. The maximum Gasteiger partial charge on any atom is 0.308 e. The lowest BCUT2D eigenvalue weighted by atomic mass is 10.2. The van der Waals surface area contributed by atoms with Crippen molar-refractivity contribution in [3.63, 3.8) is 0 Å². The van der Waals surface area contributed by atoms with Crippen LogP contribution in [0.3, 0.4) is 0 Å². The van der Waals surface area contributed by atoms with Gasteiger partial charge in [0.15, 0.2) is 0 Å². The minimum absolute atomic E-state index is 0.132.